The van der Waals surface area contributed by atoms with Crippen LogP contribution in [0.3, 0.4) is 0 Å². The Morgan fingerprint density at radius 2 is 2.27 bits per heavy atom. The van der Waals surface area contributed by atoms with Crippen LogP contribution in [0, 0.1) is 0 Å². The summed E-state index contributed by atoms with van der Waals surface area (Å²) in [6.07, 6.45) is 6.07. The van der Waals surface area contributed by atoms with E-state index >= 15 is 0 Å². The van der Waals surface area contributed by atoms with Crippen molar-refractivity contribution in [3.63, 3.8) is 0 Å². The van der Waals surface area contributed by atoms with Crippen LogP contribution in [0.4, 0.5) is 0 Å². The van der Waals surface area contributed by atoms with Crippen molar-refractivity contribution >= 4 is 10.0 Å². The van der Waals surface area contributed by atoms with Gasteiger partial charge in [0.1, 0.15) is 4.90 Å². The van der Waals surface area contributed by atoms with E-state index in [-0.39, 0.29) is 11.4 Å². The summed E-state index contributed by atoms with van der Waals surface area (Å²) in [6, 6.07) is 1.80. The Labute approximate surface area is 86.8 Å². The Bertz CT molecular complexity index is 501. The predicted molar refractivity (Wildman–Crippen MR) is 53.4 cm³/mol. The van der Waals surface area contributed by atoms with Crippen LogP contribution in [0.15, 0.2) is 35.7 Å². The molecule has 2 aromatic heterocycles. The quantitative estimate of drug-likeness (QED) is 0.696. The van der Waals surface area contributed by atoms with Crippen molar-refractivity contribution in [2.75, 3.05) is 0 Å². The molecule has 0 aliphatic carbocycles. The molecule has 0 aromatic carbocycles. The Kier molecular flexibility index (Phi) is 2.57. The van der Waals surface area contributed by atoms with Crippen molar-refractivity contribution < 1.29 is 8.42 Å². The van der Waals surface area contributed by atoms with E-state index in [1.807, 2.05) is 0 Å². The van der Waals surface area contributed by atoms with Gasteiger partial charge in [0, 0.05) is 25.1 Å². The molecule has 0 atom stereocenters. The molecular formula is C8H10N4O2S. The number of sulfonamides is 1. The molecule has 2 aromatic rings. The van der Waals surface area contributed by atoms with E-state index in [2.05, 4.69) is 19.9 Å². The lowest BCUT2D eigenvalue weighted by Gasteiger charge is -2.02. The van der Waals surface area contributed by atoms with Crippen molar-refractivity contribution in [1.29, 1.82) is 0 Å². The molecule has 0 saturated carbocycles. The first kappa shape index (κ1) is 9.94. The number of nitrogens with one attached hydrogen (secondary N) is 3. The van der Waals surface area contributed by atoms with E-state index in [0.717, 1.165) is 5.56 Å². The van der Waals surface area contributed by atoms with E-state index in [1.54, 1.807) is 18.5 Å². The Morgan fingerprint density at radius 3 is 2.87 bits per heavy atom. The highest BCUT2D eigenvalue weighted by molar-refractivity contribution is 7.89. The van der Waals surface area contributed by atoms with Crippen LogP contribution >= 0.6 is 0 Å². The fourth-order valence-electron chi connectivity index (χ4n) is 1.12. The molecule has 0 aliphatic rings. The van der Waals surface area contributed by atoms with Crippen molar-refractivity contribution in [2.45, 2.75) is 11.4 Å². The largest absolute Gasteiger partial charge is 0.367 e. The van der Waals surface area contributed by atoms with Crippen LogP contribution in [0.2, 0.25) is 0 Å². The van der Waals surface area contributed by atoms with E-state index < -0.39 is 10.0 Å². The Morgan fingerprint density at radius 1 is 1.40 bits per heavy atom. The van der Waals surface area contributed by atoms with E-state index in [4.69, 9.17) is 0 Å². The molecule has 0 saturated heterocycles. The molecule has 6 nitrogen and oxygen atoms in total. The number of aromatic nitrogens is 3. The summed E-state index contributed by atoms with van der Waals surface area (Å²) in [4.78, 5) is 2.98. The summed E-state index contributed by atoms with van der Waals surface area (Å²) in [5.74, 6) is 0. The van der Waals surface area contributed by atoms with Gasteiger partial charge in [0.15, 0.2) is 0 Å². The maximum atomic E-state index is 11.6. The molecule has 0 fully saturated rings. The fraction of sp³-hybridized carbons (Fsp3) is 0.125. The molecule has 0 amide bonds. The average Bonchev–Trinajstić information content (AvgIpc) is 2.88. The molecule has 2 rings (SSSR count). The van der Waals surface area contributed by atoms with E-state index in [9.17, 15) is 8.42 Å². The number of nitrogens with zero attached hydrogens (tertiary/aromatic N) is 1. The number of rotatable bonds is 4. The average molecular weight is 226 g/mol. The number of hydrogen-bond donors (Lipinski definition) is 3. The van der Waals surface area contributed by atoms with Crippen LogP contribution in [0.5, 0.6) is 0 Å². The first-order valence-electron chi connectivity index (χ1n) is 4.28. The smallest absolute Gasteiger partial charge is 0.243 e. The van der Waals surface area contributed by atoms with Crippen LogP contribution < -0.4 is 4.72 Å². The van der Waals surface area contributed by atoms with Crippen LogP contribution in [-0.2, 0) is 16.6 Å². The maximum Gasteiger partial charge on any atom is 0.243 e. The molecule has 7 heteroatoms. The predicted octanol–water partition coefficient (Wildman–Crippen LogP) is 0.216. The zero-order chi connectivity index (χ0) is 10.7. The van der Waals surface area contributed by atoms with E-state index in [0.29, 0.717) is 0 Å². The molecule has 0 bridgehead atoms. The highest BCUT2D eigenvalue weighted by atomic mass is 32.2. The second-order valence-electron chi connectivity index (χ2n) is 2.98. The van der Waals surface area contributed by atoms with Gasteiger partial charge >= 0.3 is 0 Å². The highest BCUT2D eigenvalue weighted by Gasteiger charge is 2.14. The number of H-pyrrole nitrogens is 2. The Hall–Kier alpha value is -1.60. The number of aromatic amines is 2. The highest BCUT2D eigenvalue weighted by Crippen LogP contribution is 2.05. The third kappa shape index (κ3) is 2.25. The van der Waals surface area contributed by atoms with Gasteiger partial charge < -0.3 is 4.98 Å². The van der Waals surface area contributed by atoms with Gasteiger partial charge in [-0.25, -0.2) is 13.1 Å². The van der Waals surface area contributed by atoms with Gasteiger partial charge in [-0.05, 0) is 11.6 Å². The van der Waals surface area contributed by atoms with Gasteiger partial charge in [0.25, 0.3) is 0 Å². The third-order valence-corrected chi connectivity index (χ3v) is 3.28. The third-order valence-electron chi connectivity index (χ3n) is 1.91. The lowest BCUT2D eigenvalue weighted by Crippen LogP contribution is -2.22. The summed E-state index contributed by atoms with van der Waals surface area (Å²) < 4.78 is 25.7. The topological polar surface area (TPSA) is 90.6 Å². The fourth-order valence-corrected chi connectivity index (χ4v) is 2.04. The summed E-state index contributed by atoms with van der Waals surface area (Å²) in [5, 5.41) is 6.04. The zero-order valence-electron chi connectivity index (χ0n) is 7.77. The van der Waals surface area contributed by atoms with Gasteiger partial charge in [0.05, 0.1) is 6.20 Å². The SMILES string of the molecule is O=S(=O)(NCc1cc[nH]c1)c1cn[nH]c1. The number of hydrogen-bond acceptors (Lipinski definition) is 3. The lowest BCUT2D eigenvalue weighted by molar-refractivity contribution is 0.581. The summed E-state index contributed by atoms with van der Waals surface area (Å²) >= 11 is 0. The van der Waals surface area contributed by atoms with Gasteiger partial charge in [0.2, 0.25) is 10.0 Å². The van der Waals surface area contributed by atoms with Crippen molar-refractivity contribution in [2.24, 2.45) is 0 Å². The Balaban J connectivity index is 2.06. The second kappa shape index (κ2) is 3.87. The van der Waals surface area contributed by atoms with Gasteiger partial charge in [-0.15, -0.1) is 0 Å². The molecule has 2 heterocycles. The minimum atomic E-state index is -3.45. The second-order valence-corrected chi connectivity index (χ2v) is 4.74. The van der Waals surface area contributed by atoms with Gasteiger partial charge in [-0.2, -0.15) is 5.10 Å². The van der Waals surface area contributed by atoms with Crippen molar-refractivity contribution in [3.8, 4) is 0 Å². The lowest BCUT2D eigenvalue weighted by atomic mass is 10.4. The standard InChI is InChI=1S/C8H10N4O2S/c13-15(14,8-5-10-11-6-8)12-4-7-1-2-9-3-7/h1-3,5-6,9,12H,4H2,(H,10,11). The first-order chi connectivity index (χ1) is 7.18. The maximum absolute atomic E-state index is 11.6. The summed E-state index contributed by atoms with van der Waals surface area (Å²) in [5.41, 5.74) is 0.877. The molecule has 3 N–H and O–H groups in total. The summed E-state index contributed by atoms with van der Waals surface area (Å²) in [7, 11) is -3.45. The van der Waals surface area contributed by atoms with Crippen LogP contribution in [0.1, 0.15) is 5.56 Å². The van der Waals surface area contributed by atoms with E-state index in [1.165, 1.54) is 12.4 Å². The van der Waals surface area contributed by atoms with Gasteiger partial charge in [-0.1, -0.05) is 0 Å². The van der Waals surface area contributed by atoms with Gasteiger partial charge in [-0.3, -0.25) is 5.10 Å². The molecule has 80 valence electrons. The van der Waals surface area contributed by atoms with Crippen molar-refractivity contribution in [1.82, 2.24) is 19.9 Å². The summed E-state index contributed by atoms with van der Waals surface area (Å²) in [6.45, 7) is 0.261. The van der Waals surface area contributed by atoms with Crippen LogP contribution in [-0.4, -0.2) is 23.6 Å². The van der Waals surface area contributed by atoms with Crippen LogP contribution in [0.25, 0.3) is 0 Å². The van der Waals surface area contributed by atoms with Crippen molar-refractivity contribution in [3.05, 3.63) is 36.4 Å². The molecule has 15 heavy (non-hydrogen) atoms. The first-order valence-corrected chi connectivity index (χ1v) is 5.77. The minimum Gasteiger partial charge on any atom is -0.367 e. The molecule has 0 aliphatic heterocycles. The zero-order valence-corrected chi connectivity index (χ0v) is 8.58. The molecular weight excluding hydrogens is 216 g/mol. The minimum absolute atomic E-state index is 0.137. The normalized spacial score (nSPS) is 11.7. The molecule has 0 radical (unpaired) electrons. The monoisotopic (exact) mass is 226 g/mol. The molecule has 0 spiro atoms. The molecule has 0 unspecified atom stereocenters.